The van der Waals surface area contributed by atoms with Crippen LogP contribution in [0.25, 0.3) is 0 Å². The molecule has 0 amide bonds. The van der Waals surface area contributed by atoms with Gasteiger partial charge in [-0.3, -0.25) is 0 Å². The quantitative estimate of drug-likeness (QED) is 0.831. The van der Waals surface area contributed by atoms with E-state index >= 15 is 0 Å². The van der Waals surface area contributed by atoms with Gasteiger partial charge in [-0.05, 0) is 49.2 Å². The van der Waals surface area contributed by atoms with Crippen molar-refractivity contribution < 1.29 is 17.6 Å². The van der Waals surface area contributed by atoms with Gasteiger partial charge in [-0.1, -0.05) is 18.2 Å². The van der Waals surface area contributed by atoms with Crippen LogP contribution >= 0.6 is 0 Å². The third-order valence-corrected chi connectivity index (χ3v) is 3.37. The topological polar surface area (TPSA) is 12.0 Å². The first-order chi connectivity index (χ1) is 10.0. The molecule has 1 unspecified atom stereocenters. The summed E-state index contributed by atoms with van der Waals surface area (Å²) < 4.78 is 52.9. The van der Waals surface area contributed by atoms with Crippen LogP contribution in [0.4, 0.5) is 17.6 Å². The van der Waals surface area contributed by atoms with Gasteiger partial charge in [-0.15, -0.1) is 0 Å². The SMILES string of the molecule is CNC(Cc1ccc(F)c(F)c1)Cc1cccc(F)c1F. The fourth-order valence-corrected chi connectivity index (χ4v) is 2.20. The van der Waals surface area contributed by atoms with Crippen molar-refractivity contribution in [2.45, 2.75) is 18.9 Å². The molecule has 0 aliphatic heterocycles. The molecule has 1 atom stereocenters. The van der Waals surface area contributed by atoms with E-state index in [1.165, 1.54) is 18.2 Å². The highest BCUT2D eigenvalue weighted by molar-refractivity contribution is 5.22. The molecule has 0 aliphatic carbocycles. The first-order valence-corrected chi connectivity index (χ1v) is 6.55. The van der Waals surface area contributed by atoms with Crippen LogP contribution in [-0.2, 0) is 12.8 Å². The molecule has 0 saturated carbocycles. The Labute approximate surface area is 120 Å². The van der Waals surface area contributed by atoms with Crippen LogP contribution in [0, 0.1) is 23.3 Å². The van der Waals surface area contributed by atoms with E-state index < -0.39 is 23.3 Å². The molecule has 112 valence electrons. The molecule has 21 heavy (non-hydrogen) atoms. The number of hydrogen-bond donors (Lipinski definition) is 1. The van der Waals surface area contributed by atoms with Gasteiger partial charge in [-0.25, -0.2) is 17.6 Å². The Balaban J connectivity index is 2.13. The first-order valence-electron chi connectivity index (χ1n) is 6.55. The van der Waals surface area contributed by atoms with Crippen molar-refractivity contribution in [3.8, 4) is 0 Å². The maximum absolute atomic E-state index is 13.6. The zero-order valence-electron chi connectivity index (χ0n) is 11.5. The van der Waals surface area contributed by atoms with Crippen molar-refractivity contribution >= 4 is 0 Å². The number of halogens is 4. The molecule has 5 heteroatoms. The summed E-state index contributed by atoms with van der Waals surface area (Å²) in [5, 5.41) is 2.97. The van der Waals surface area contributed by atoms with Gasteiger partial charge in [0.1, 0.15) is 0 Å². The first kappa shape index (κ1) is 15.5. The van der Waals surface area contributed by atoms with Crippen molar-refractivity contribution in [2.75, 3.05) is 7.05 Å². The molecular weight excluding hydrogens is 282 g/mol. The molecule has 1 nitrogen and oxygen atoms in total. The lowest BCUT2D eigenvalue weighted by atomic mass is 9.98. The maximum Gasteiger partial charge on any atom is 0.162 e. The third kappa shape index (κ3) is 3.82. The largest absolute Gasteiger partial charge is 0.316 e. The maximum atomic E-state index is 13.6. The zero-order valence-corrected chi connectivity index (χ0v) is 11.5. The van der Waals surface area contributed by atoms with Gasteiger partial charge in [0.25, 0.3) is 0 Å². The van der Waals surface area contributed by atoms with Crippen LogP contribution in [0.5, 0.6) is 0 Å². The van der Waals surface area contributed by atoms with Crippen LogP contribution in [0.2, 0.25) is 0 Å². The summed E-state index contributed by atoms with van der Waals surface area (Å²) in [6, 6.07) is 7.44. The second kappa shape index (κ2) is 6.72. The molecule has 0 saturated heterocycles. The Kier molecular flexibility index (Phi) is 4.96. The summed E-state index contributed by atoms with van der Waals surface area (Å²) in [7, 11) is 1.68. The van der Waals surface area contributed by atoms with E-state index in [1.807, 2.05) is 0 Å². The zero-order chi connectivity index (χ0) is 15.4. The molecular formula is C16H15F4N. The smallest absolute Gasteiger partial charge is 0.162 e. The van der Waals surface area contributed by atoms with Crippen LogP contribution < -0.4 is 5.32 Å². The van der Waals surface area contributed by atoms with Crippen molar-refractivity contribution in [1.82, 2.24) is 5.32 Å². The second-order valence-electron chi connectivity index (χ2n) is 4.86. The lowest BCUT2D eigenvalue weighted by molar-refractivity contribution is 0.480. The minimum Gasteiger partial charge on any atom is -0.316 e. The van der Waals surface area contributed by atoms with Gasteiger partial charge in [-0.2, -0.15) is 0 Å². The van der Waals surface area contributed by atoms with E-state index in [9.17, 15) is 17.6 Å². The van der Waals surface area contributed by atoms with Crippen LogP contribution in [-0.4, -0.2) is 13.1 Å². The average molecular weight is 297 g/mol. The molecule has 2 rings (SSSR count). The Morgan fingerprint density at radius 2 is 1.67 bits per heavy atom. The molecule has 0 heterocycles. The lowest BCUT2D eigenvalue weighted by Gasteiger charge is -2.17. The van der Waals surface area contributed by atoms with E-state index in [-0.39, 0.29) is 18.0 Å². The van der Waals surface area contributed by atoms with E-state index in [0.29, 0.717) is 12.0 Å². The van der Waals surface area contributed by atoms with Crippen LogP contribution in [0.1, 0.15) is 11.1 Å². The molecule has 0 bridgehead atoms. The van der Waals surface area contributed by atoms with Crippen molar-refractivity contribution in [3.63, 3.8) is 0 Å². The van der Waals surface area contributed by atoms with E-state index in [4.69, 9.17) is 0 Å². The Bertz CT molecular complexity index is 628. The second-order valence-corrected chi connectivity index (χ2v) is 4.86. The van der Waals surface area contributed by atoms with Crippen LogP contribution in [0.3, 0.4) is 0 Å². The molecule has 1 N–H and O–H groups in total. The van der Waals surface area contributed by atoms with E-state index in [1.54, 1.807) is 7.05 Å². The highest BCUT2D eigenvalue weighted by Crippen LogP contribution is 2.16. The average Bonchev–Trinajstić information content (AvgIpc) is 2.47. The number of nitrogens with one attached hydrogen (secondary N) is 1. The van der Waals surface area contributed by atoms with Gasteiger partial charge >= 0.3 is 0 Å². The molecule has 0 aromatic heterocycles. The number of rotatable bonds is 5. The number of hydrogen-bond acceptors (Lipinski definition) is 1. The van der Waals surface area contributed by atoms with Gasteiger partial charge in [0.15, 0.2) is 23.3 Å². The molecule has 0 aliphatic rings. The van der Waals surface area contributed by atoms with E-state index in [0.717, 1.165) is 18.2 Å². The van der Waals surface area contributed by atoms with Crippen LogP contribution in [0.15, 0.2) is 36.4 Å². The monoisotopic (exact) mass is 297 g/mol. The Morgan fingerprint density at radius 3 is 2.33 bits per heavy atom. The summed E-state index contributed by atoms with van der Waals surface area (Å²) in [5.74, 6) is -3.59. The number of likely N-dealkylation sites (N-methyl/N-ethyl adjacent to an activating group) is 1. The standard InChI is InChI=1S/C16H15F4N/c1-21-12(7-10-5-6-13(17)15(19)8-10)9-11-3-2-4-14(18)16(11)20/h2-6,8,12,21H,7,9H2,1H3. The molecule has 2 aromatic carbocycles. The predicted molar refractivity (Wildman–Crippen MR) is 73.0 cm³/mol. The minimum atomic E-state index is -0.917. The normalized spacial score (nSPS) is 12.4. The summed E-state index contributed by atoms with van der Waals surface area (Å²) in [5.41, 5.74) is 0.835. The van der Waals surface area contributed by atoms with Gasteiger partial charge in [0.2, 0.25) is 0 Å². The summed E-state index contributed by atoms with van der Waals surface area (Å²) in [6.45, 7) is 0. The summed E-state index contributed by atoms with van der Waals surface area (Å²) in [6.07, 6.45) is 0.628. The van der Waals surface area contributed by atoms with Gasteiger partial charge < -0.3 is 5.32 Å². The van der Waals surface area contributed by atoms with Crippen molar-refractivity contribution in [2.24, 2.45) is 0 Å². The molecule has 2 aromatic rings. The fourth-order valence-electron chi connectivity index (χ4n) is 2.20. The van der Waals surface area contributed by atoms with E-state index in [2.05, 4.69) is 5.32 Å². The molecule has 0 radical (unpaired) electrons. The third-order valence-electron chi connectivity index (χ3n) is 3.37. The summed E-state index contributed by atoms with van der Waals surface area (Å²) in [4.78, 5) is 0. The summed E-state index contributed by atoms with van der Waals surface area (Å²) >= 11 is 0. The van der Waals surface area contributed by atoms with Crippen molar-refractivity contribution in [1.29, 1.82) is 0 Å². The predicted octanol–water partition coefficient (Wildman–Crippen LogP) is 3.62. The van der Waals surface area contributed by atoms with Crippen molar-refractivity contribution in [3.05, 3.63) is 70.8 Å². The minimum absolute atomic E-state index is 0.217. The molecule has 0 fully saturated rings. The Morgan fingerprint density at radius 1 is 0.905 bits per heavy atom. The lowest BCUT2D eigenvalue weighted by Crippen LogP contribution is -2.30. The fraction of sp³-hybridized carbons (Fsp3) is 0.250. The van der Waals surface area contributed by atoms with Gasteiger partial charge in [0, 0.05) is 6.04 Å². The number of benzene rings is 2. The highest BCUT2D eigenvalue weighted by atomic mass is 19.2. The Hall–Kier alpha value is -1.88. The molecule has 0 spiro atoms. The van der Waals surface area contributed by atoms with Gasteiger partial charge in [0.05, 0.1) is 0 Å². The highest BCUT2D eigenvalue weighted by Gasteiger charge is 2.14.